The zero-order chi connectivity index (χ0) is 11.8. The van der Waals surface area contributed by atoms with Crippen LogP contribution < -0.4 is 5.73 Å². The third-order valence-electron chi connectivity index (χ3n) is 4.74. The lowest BCUT2D eigenvalue weighted by Gasteiger charge is -2.45. The number of hydrogen-bond donors (Lipinski definition) is 1. The number of likely N-dealkylation sites (tertiary alicyclic amines) is 1. The van der Waals surface area contributed by atoms with Gasteiger partial charge in [0.2, 0.25) is 0 Å². The van der Waals surface area contributed by atoms with Crippen molar-refractivity contribution in [1.29, 1.82) is 0 Å². The molecule has 16 heavy (non-hydrogen) atoms. The molecule has 0 spiro atoms. The first kappa shape index (κ1) is 12.4. The van der Waals surface area contributed by atoms with Crippen LogP contribution in [0.25, 0.3) is 0 Å². The molecule has 2 nitrogen and oxygen atoms in total. The van der Waals surface area contributed by atoms with Crippen LogP contribution in [0.2, 0.25) is 0 Å². The van der Waals surface area contributed by atoms with Crippen LogP contribution in [0.4, 0.5) is 0 Å². The number of nitrogens with zero attached hydrogens (tertiary/aromatic N) is 1. The van der Waals surface area contributed by atoms with E-state index >= 15 is 0 Å². The van der Waals surface area contributed by atoms with Crippen molar-refractivity contribution in [2.45, 2.75) is 65.0 Å². The second-order valence-electron chi connectivity index (χ2n) is 6.84. The van der Waals surface area contributed by atoms with Crippen LogP contribution in [-0.4, -0.2) is 30.1 Å². The minimum absolute atomic E-state index is 0.402. The average Bonchev–Trinajstić information content (AvgIpc) is 2.20. The summed E-state index contributed by atoms with van der Waals surface area (Å²) < 4.78 is 0. The van der Waals surface area contributed by atoms with Crippen LogP contribution in [0.1, 0.15) is 52.9 Å². The number of piperidine rings is 1. The summed E-state index contributed by atoms with van der Waals surface area (Å²) >= 11 is 0. The summed E-state index contributed by atoms with van der Waals surface area (Å²) in [6.45, 7) is 9.54. The van der Waals surface area contributed by atoms with Gasteiger partial charge in [-0.3, -0.25) is 4.90 Å². The summed E-state index contributed by atoms with van der Waals surface area (Å²) in [6, 6.07) is 1.21. The second-order valence-corrected chi connectivity index (χ2v) is 6.84. The minimum atomic E-state index is 0.402. The SMILES string of the molecule is CC1CCN(C2CCCC(C)(C)C2)CC1N. The van der Waals surface area contributed by atoms with Gasteiger partial charge in [-0.25, -0.2) is 0 Å². The van der Waals surface area contributed by atoms with Crippen LogP contribution >= 0.6 is 0 Å². The normalized spacial score (nSPS) is 40.9. The van der Waals surface area contributed by atoms with Crippen LogP contribution in [0.15, 0.2) is 0 Å². The fraction of sp³-hybridized carbons (Fsp3) is 1.00. The molecule has 0 radical (unpaired) electrons. The van der Waals surface area contributed by atoms with Gasteiger partial charge in [0.1, 0.15) is 0 Å². The Bertz CT molecular complexity index is 237. The third-order valence-corrected chi connectivity index (χ3v) is 4.74. The van der Waals surface area contributed by atoms with Gasteiger partial charge in [0.15, 0.2) is 0 Å². The third kappa shape index (κ3) is 2.78. The first-order valence-electron chi connectivity index (χ1n) is 6.97. The topological polar surface area (TPSA) is 29.3 Å². The lowest BCUT2D eigenvalue weighted by Crippen LogP contribution is -2.52. The molecule has 1 saturated carbocycles. The van der Waals surface area contributed by atoms with Crippen LogP contribution in [0.5, 0.6) is 0 Å². The van der Waals surface area contributed by atoms with Gasteiger partial charge < -0.3 is 5.73 Å². The zero-order valence-electron chi connectivity index (χ0n) is 11.2. The van der Waals surface area contributed by atoms with Gasteiger partial charge in [-0.1, -0.05) is 27.2 Å². The molecule has 0 aromatic carbocycles. The smallest absolute Gasteiger partial charge is 0.0194 e. The van der Waals surface area contributed by atoms with Crippen molar-refractivity contribution in [1.82, 2.24) is 4.90 Å². The maximum atomic E-state index is 6.20. The molecule has 1 saturated heterocycles. The molecule has 3 unspecified atom stereocenters. The van der Waals surface area contributed by atoms with E-state index in [0.717, 1.165) is 12.6 Å². The van der Waals surface area contributed by atoms with Gasteiger partial charge in [0, 0.05) is 18.6 Å². The van der Waals surface area contributed by atoms with Crippen molar-refractivity contribution >= 4 is 0 Å². The predicted octanol–water partition coefficient (Wildman–Crippen LogP) is 2.62. The quantitative estimate of drug-likeness (QED) is 0.742. The van der Waals surface area contributed by atoms with E-state index in [1.165, 1.54) is 38.6 Å². The Balaban J connectivity index is 1.92. The van der Waals surface area contributed by atoms with Crippen molar-refractivity contribution in [3.05, 3.63) is 0 Å². The largest absolute Gasteiger partial charge is 0.326 e. The van der Waals surface area contributed by atoms with Gasteiger partial charge in [0.25, 0.3) is 0 Å². The van der Waals surface area contributed by atoms with E-state index in [0.29, 0.717) is 17.4 Å². The maximum Gasteiger partial charge on any atom is 0.0194 e. The summed E-state index contributed by atoms with van der Waals surface area (Å²) in [7, 11) is 0. The molecule has 1 aliphatic heterocycles. The van der Waals surface area contributed by atoms with Crippen molar-refractivity contribution in [3.63, 3.8) is 0 Å². The Labute approximate surface area is 101 Å². The minimum Gasteiger partial charge on any atom is -0.326 e. The highest BCUT2D eigenvalue weighted by Gasteiger charge is 2.34. The number of hydrogen-bond acceptors (Lipinski definition) is 2. The predicted molar refractivity (Wildman–Crippen MR) is 69.4 cm³/mol. The van der Waals surface area contributed by atoms with Crippen molar-refractivity contribution in [2.24, 2.45) is 17.1 Å². The Hall–Kier alpha value is -0.0800. The van der Waals surface area contributed by atoms with Gasteiger partial charge in [-0.15, -0.1) is 0 Å². The molecule has 2 fully saturated rings. The molecule has 2 heteroatoms. The van der Waals surface area contributed by atoms with Gasteiger partial charge >= 0.3 is 0 Å². The molecule has 1 aliphatic carbocycles. The van der Waals surface area contributed by atoms with E-state index in [-0.39, 0.29) is 0 Å². The molecule has 2 rings (SSSR count). The summed E-state index contributed by atoms with van der Waals surface area (Å²) in [5, 5.41) is 0. The van der Waals surface area contributed by atoms with Crippen molar-refractivity contribution in [2.75, 3.05) is 13.1 Å². The Morgan fingerprint density at radius 3 is 2.62 bits per heavy atom. The van der Waals surface area contributed by atoms with Gasteiger partial charge in [0.05, 0.1) is 0 Å². The molecule has 1 heterocycles. The van der Waals surface area contributed by atoms with Crippen molar-refractivity contribution in [3.8, 4) is 0 Å². The standard InChI is InChI=1S/C14H28N2/c1-11-6-8-16(10-13(11)15)12-5-4-7-14(2,3)9-12/h11-13H,4-10,15H2,1-3H3. The lowest BCUT2D eigenvalue weighted by molar-refractivity contribution is 0.0592. The summed E-state index contributed by atoms with van der Waals surface area (Å²) in [4.78, 5) is 2.67. The van der Waals surface area contributed by atoms with Gasteiger partial charge in [-0.2, -0.15) is 0 Å². The summed E-state index contributed by atoms with van der Waals surface area (Å²) in [5.41, 5.74) is 6.75. The highest BCUT2D eigenvalue weighted by molar-refractivity contribution is 4.89. The Kier molecular flexibility index (Phi) is 3.60. The van der Waals surface area contributed by atoms with E-state index in [1.807, 2.05) is 0 Å². The fourth-order valence-electron chi connectivity index (χ4n) is 3.43. The van der Waals surface area contributed by atoms with E-state index in [2.05, 4.69) is 25.7 Å². The second kappa shape index (κ2) is 4.66. The molecule has 94 valence electrons. The fourth-order valence-corrected chi connectivity index (χ4v) is 3.43. The van der Waals surface area contributed by atoms with Crippen molar-refractivity contribution < 1.29 is 0 Å². The average molecular weight is 224 g/mol. The highest BCUT2D eigenvalue weighted by atomic mass is 15.2. The first-order valence-corrected chi connectivity index (χ1v) is 6.97. The molecule has 2 N–H and O–H groups in total. The Morgan fingerprint density at radius 1 is 1.25 bits per heavy atom. The molecule has 0 aromatic heterocycles. The number of nitrogens with two attached hydrogens (primary N) is 1. The summed E-state index contributed by atoms with van der Waals surface area (Å²) in [5.74, 6) is 0.716. The molecule has 3 atom stereocenters. The van der Waals surface area contributed by atoms with E-state index < -0.39 is 0 Å². The van der Waals surface area contributed by atoms with E-state index in [1.54, 1.807) is 0 Å². The van der Waals surface area contributed by atoms with Crippen LogP contribution in [-0.2, 0) is 0 Å². The molecule has 2 aliphatic rings. The first-order chi connectivity index (χ1) is 7.48. The van der Waals surface area contributed by atoms with E-state index in [9.17, 15) is 0 Å². The van der Waals surface area contributed by atoms with Gasteiger partial charge in [-0.05, 0) is 43.6 Å². The van der Waals surface area contributed by atoms with Crippen LogP contribution in [0.3, 0.4) is 0 Å². The summed E-state index contributed by atoms with van der Waals surface area (Å²) in [6.07, 6.45) is 6.86. The lowest BCUT2D eigenvalue weighted by atomic mass is 9.74. The monoisotopic (exact) mass is 224 g/mol. The van der Waals surface area contributed by atoms with E-state index in [4.69, 9.17) is 5.73 Å². The highest BCUT2D eigenvalue weighted by Crippen LogP contribution is 2.38. The molecule has 0 amide bonds. The maximum absolute atomic E-state index is 6.20. The molecule has 0 aromatic rings. The Morgan fingerprint density at radius 2 is 2.00 bits per heavy atom. The molecular weight excluding hydrogens is 196 g/mol. The van der Waals surface area contributed by atoms with Crippen LogP contribution in [0, 0.1) is 11.3 Å². The number of rotatable bonds is 1. The molecule has 0 bridgehead atoms. The zero-order valence-corrected chi connectivity index (χ0v) is 11.2. The molecular formula is C14H28N2.